The highest BCUT2D eigenvalue weighted by Gasteiger charge is 2.26. The van der Waals surface area contributed by atoms with Crippen molar-refractivity contribution in [1.29, 1.82) is 0 Å². The topological polar surface area (TPSA) is 60.4 Å². The van der Waals surface area contributed by atoms with Gasteiger partial charge in [0.2, 0.25) is 0 Å². The van der Waals surface area contributed by atoms with Crippen molar-refractivity contribution in [2.24, 2.45) is 0 Å². The first-order chi connectivity index (χ1) is 10.3. The normalized spacial score (nSPS) is 13.3. The molecule has 0 saturated heterocycles. The summed E-state index contributed by atoms with van der Waals surface area (Å²) in [4.78, 5) is 10.7. The van der Waals surface area contributed by atoms with Crippen molar-refractivity contribution in [1.82, 2.24) is 0 Å². The third-order valence-electron chi connectivity index (χ3n) is 3.62. The Hall–Kier alpha value is -1.42. The third-order valence-corrected chi connectivity index (χ3v) is 4.64. The average Bonchev–Trinajstić information content (AvgIpc) is 2.37. The lowest BCUT2D eigenvalue weighted by atomic mass is 9.78. The van der Waals surface area contributed by atoms with Gasteiger partial charge in [0.1, 0.15) is 5.75 Å². The maximum atomic E-state index is 10.7. The van der Waals surface area contributed by atoms with Crippen molar-refractivity contribution in [3.63, 3.8) is 0 Å². The molecule has 0 aliphatic rings. The Balaban J connectivity index is 3.24. The minimum absolute atomic E-state index is 0.165. The van der Waals surface area contributed by atoms with Crippen molar-refractivity contribution in [2.45, 2.75) is 65.0 Å². The number of carbonyl (C=O) groups excluding carboxylic acids is 1. The van der Waals surface area contributed by atoms with E-state index in [1.807, 2.05) is 12.1 Å². The number of hydrogen-bond donors (Lipinski definition) is 1. The number of aromatic hydroxyl groups is 1. The number of phenols is 1. The Bertz CT molecular complexity index is 581. The van der Waals surface area contributed by atoms with Crippen LogP contribution in [0.2, 0.25) is 0 Å². The molecule has 3 nitrogen and oxygen atoms in total. The number of benzene rings is 1. The predicted octanol–water partition coefficient (Wildman–Crippen LogP) is 3.87. The molecule has 23 heavy (non-hydrogen) atoms. The molecule has 0 aliphatic carbocycles. The molecule has 0 atom stereocenters. The number of carbonyl (C=O) groups is 1. The van der Waals surface area contributed by atoms with Crippen LogP contribution in [-0.2, 0) is 21.4 Å². The summed E-state index contributed by atoms with van der Waals surface area (Å²) in [7, 11) is 0. The van der Waals surface area contributed by atoms with E-state index in [0.29, 0.717) is 11.5 Å². The van der Waals surface area contributed by atoms with E-state index in [4.69, 9.17) is 0 Å². The van der Waals surface area contributed by atoms with E-state index in [2.05, 4.69) is 41.5 Å². The average molecular weight is 335 g/mol. The summed E-state index contributed by atoms with van der Waals surface area (Å²) >= 11 is 1.42. The Labute approximate surface area is 143 Å². The second-order valence-electron chi connectivity index (χ2n) is 7.94. The monoisotopic (exact) mass is 335 g/mol. The second-order valence-corrected chi connectivity index (χ2v) is 8.80. The first kappa shape index (κ1) is 19.6. The van der Waals surface area contributed by atoms with Gasteiger partial charge in [-0.2, -0.15) is 0 Å². The van der Waals surface area contributed by atoms with Crippen LogP contribution in [-0.4, -0.2) is 11.1 Å². The lowest BCUT2D eigenvalue weighted by Gasteiger charge is -2.28. The van der Waals surface area contributed by atoms with Gasteiger partial charge in [-0.3, -0.25) is 0 Å². The summed E-state index contributed by atoms with van der Waals surface area (Å²) in [5.74, 6) is -0.133. The smallest absolute Gasteiger partial charge is 0.123 e. The van der Waals surface area contributed by atoms with Crippen LogP contribution in [0.1, 0.15) is 65.2 Å². The number of aliphatic carboxylic acids is 1. The zero-order valence-electron chi connectivity index (χ0n) is 15.1. The number of hydrogen-bond acceptors (Lipinski definition) is 4. The summed E-state index contributed by atoms with van der Waals surface area (Å²) < 4.78 is 0. The summed E-state index contributed by atoms with van der Waals surface area (Å²) in [5.41, 5.74) is 2.80. The lowest BCUT2D eigenvalue weighted by Crippen LogP contribution is -2.22. The first-order valence-electron chi connectivity index (χ1n) is 7.70. The van der Waals surface area contributed by atoms with Crippen LogP contribution in [0.5, 0.6) is 5.75 Å². The molecule has 0 saturated carbocycles. The van der Waals surface area contributed by atoms with E-state index in [0.717, 1.165) is 16.7 Å². The predicted molar refractivity (Wildman–Crippen MR) is 95.6 cm³/mol. The van der Waals surface area contributed by atoms with Crippen LogP contribution >= 0.6 is 11.8 Å². The van der Waals surface area contributed by atoms with Gasteiger partial charge in [-0.15, -0.1) is 11.8 Å². The van der Waals surface area contributed by atoms with Crippen molar-refractivity contribution in [3.05, 3.63) is 39.8 Å². The summed E-state index contributed by atoms with van der Waals surface area (Å²) in [5, 5.41) is 23.0. The SMILES string of the molecule is C/C(=C\SCc1cc(C(C)(C)C)c(O)c(C(C)(C)C)c1)C(=O)[O-]. The molecule has 1 aromatic carbocycles. The highest BCUT2D eigenvalue weighted by molar-refractivity contribution is 8.01. The zero-order chi connectivity index (χ0) is 18.0. The quantitative estimate of drug-likeness (QED) is 0.849. The van der Waals surface area contributed by atoms with Gasteiger partial charge in [-0.1, -0.05) is 53.7 Å². The molecule has 0 radical (unpaired) electrons. The van der Waals surface area contributed by atoms with E-state index in [1.54, 1.807) is 5.41 Å². The van der Waals surface area contributed by atoms with Gasteiger partial charge in [0, 0.05) is 5.75 Å². The van der Waals surface area contributed by atoms with Gasteiger partial charge in [0.15, 0.2) is 0 Å². The van der Waals surface area contributed by atoms with E-state index in [1.165, 1.54) is 18.7 Å². The third kappa shape index (κ3) is 5.31. The highest BCUT2D eigenvalue weighted by atomic mass is 32.2. The van der Waals surface area contributed by atoms with Crippen molar-refractivity contribution in [2.75, 3.05) is 0 Å². The Morgan fingerprint density at radius 2 is 1.57 bits per heavy atom. The summed E-state index contributed by atoms with van der Waals surface area (Å²) in [6.07, 6.45) is 0. The maximum Gasteiger partial charge on any atom is 0.123 e. The number of rotatable bonds is 4. The molecule has 0 amide bonds. The molecular weight excluding hydrogens is 308 g/mol. The van der Waals surface area contributed by atoms with Crippen molar-refractivity contribution in [3.8, 4) is 5.75 Å². The minimum atomic E-state index is -1.14. The summed E-state index contributed by atoms with van der Waals surface area (Å²) in [6.45, 7) is 14.0. The van der Waals surface area contributed by atoms with Crippen molar-refractivity contribution < 1.29 is 15.0 Å². The Morgan fingerprint density at radius 3 is 1.91 bits per heavy atom. The van der Waals surface area contributed by atoms with Gasteiger partial charge in [0.25, 0.3) is 0 Å². The standard InChI is InChI=1S/C19H28O3S/c1-12(17(21)22)10-23-11-13-8-14(18(2,3)4)16(20)15(9-13)19(5,6)7/h8-10,20H,11H2,1-7H3,(H,21,22)/p-1/b12-10+. The number of carboxylic acids is 1. The van der Waals surface area contributed by atoms with Gasteiger partial charge in [-0.25, -0.2) is 0 Å². The molecule has 1 aromatic rings. The van der Waals surface area contributed by atoms with E-state index in [9.17, 15) is 15.0 Å². The van der Waals surface area contributed by atoms with Crippen LogP contribution in [0.15, 0.2) is 23.1 Å². The van der Waals surface area contributed by atoms with E-state index >= 15 is 0 Å². The molecular formula is C19H27O3S-. The molecule has 128 valence electrons. The first-order valence-corrected chi connectivity index (χ1v) is 8.75. The Kier molecular flexibility index (Phi) is 5.97. The molecule has 0 heterocycles. The Morgan fingerprint density at radius 1 is 1.13 bits per heavy atom. The number of thioether (sulfide) groups is 1. The molecule has 0 aromatic heterocycles. The van der Waals surface area contributed by atoms with E-state index < -0.39 is 5.97 Å². The number of phenolic OH excluding ortho intramolecular Hbond substituents is 1. The number of carboxylic acid groups (broad SMARTS) is 1. The molecule has 0 fully saturated rings. The second kappa shape index (κ2) is 7.00. The molecule has 4 heteroatoms. The van der Waals surface area contributed by atoms with Crippen LogP contribution < -0.4 is 5.11 Å². The maximum absolute atomic E-state index is 10.7. The van der Waals surface area contributed by atoms with Gasteiger partial charge < -0.3 is 15.0 Å². The fourth-order valence-electron chi connectivity index (χ4n) is 2.23. The van der Waals surface area contributed by atoms with E-state index in [-0.39, 0.29) is 16.4 Å². The fourth-order valence-corrected chi connectivity index (χ4v) is 3.02. The molecule has 0 bridgehead atoms. The van der Waals surface area contributed by atoms with Gasteiger partial charge >= 0.3 is 0 Å². The molecule has 1 rings (SSSR count). The van der Waals surface area contributed by atoms with Crippen LogP contribution in [0.25, 0.3) is 0 Å². The van der Waals surface area contributed by atoms with Crippen LogP contribution in [0.3, 0.4) is 0 Å². The molecule has 0 unspecified atom stereocenters. The molecule has 0 spiro atoms. The van der Waals surface area contributed by atoms with Crippen molar-refractivity contribution >= 4 is 17.7 Å². The highest BCUT2D eigenvalue weighted by Crippen LogP contribution is 2.40. The van der Waals surface area contributed by atoms with Crippen LogP contribution in [0, 0.1) is 0 Å². The van der Waals surface area contributed by atoms with Crippen LogP contribution in [0.4, 0.5) is 0 Å². The summed E-state index contributed by atoms with van der Waals surface area (Å²) in [6, 6.07) is 4.03. The minimum Gasteiger partial charge on any atom is -0.545 e. The lowest BCUT2D eigenvalue weighted by molar-refractivity contribution is -0.299. The van der Waals surface area contributed by atoms with Gasteiger partial charge in [0.05, 0.1) is 5.97 Å². The zero-order valence-corrected chi connectivity index (χ0v) is 15.9. The largest absolute Gasteiger partial charge is 0.545 e. The fraction of sp³-hybridized carbons (Fsp3) is 0.526. The van der Waals surface area contributed by atoms with Gasteiger partial charge in [-0.05, 0) is 45.4 Å². The molecule has 1 N–H and O–H groups in total. The molecule has 0 aliphatic heterocycles.